The molecule has 0 aromatic carbocycles. The van der Waals surface area contributed by atoms with Crippen LogP contribution in [-0.2, 0) is 14.3 Å². The summed E-state index contributed by atoms with van der Waals surface area (Å²) >= 11 is 0. The van der Waals surface area contributed by atoms with Gasteiger partial charge in [0.2, 0.25) is 0 Å². The van der Waals surface area contributed by atoms with E-state index in [0.717, 1.165) is 0 Å². The first-order valence-corrected chi connectivity index (χ1v) is 14.1. The number of hydrogen-bond acceptors (Lipinski definition) is 8. The van der Waals surface area contributed by atoms with Gasteiger partial charge in [-0.3, -0.25) is 9.59 Å². The number of ether oxygens (including phenoxy) is 1. The summed E-state index contributed by atoms with van der Waals surface area (Å²) in [5.74, 6) is -2.07. The summed E-state index contributed by atoms with van der Waals surface area (Å²) in [6.45, 7) is 9.27. The molecule has 5 aliphatic rings. The molecule has 4 aliphatic carbocycles. The molecule has 0 aromatic heterocycles. The van der Waals surface area contributed by atoms with Crippen LogP contribution in [0.25, 0.3) is 0 Å². The van der Waals surface area contributed by atoms with E-state index in [1.807, 2.05) is 20.8 Å². The fourth-order valence-corrected chi connectivity index (χ4v) is 9.52. The van der Waals surface area contributed by atoms with Gasteiger partial charge in [0, 0.05) is 17.3 Å². The number of ketones is 1. The molecule has 0 spiro atoms. The van der Waals surface area contributed by atoms with Gasteiger partial charge in [0.1, 0.15) is 12.2 Å². The molecule has 1 heterocycles. The summed E-state index contributed by atoms with van der Waals surface area (Å²) in [6, 6.07) is 0. The fraction of sp³-hybridized carbons (Fsp3) is 0.862. The molecule has 1 aliphatic heterocycles. The number of cyclic esters (lactones) is 1. The zero-order valence-corrected chi connectivity index (χ0v) is 22.7. The molecular weight excluding hydrogens is 476 g/mol. The van der Waals surface area contributed by atoms with Crippen molar-refractivity contribution in [2.24, 2.45) is 40.4 Å². The topological polar surface area (TPSA) is 145 Å². The molecule has 3 saturated carbocycles. The van der Waals surface area contributed by atoms with Crippen LogP contribution in [0.5, 0.6) is 0 Å². The highest BCUT2D eigenvalue weighted by Crippen LogP contribution is 2.68. The summed E-state index contributed by atoms with van der Waals surface area (Å²) in [4.78, 5) is 25.6. The standard InChI is InChI=1S/C29H44O8/c1-6-15-14(2)25(34)37-23(15)24(33)28(5,35)22-8-10-29(36)17-11-19(30)18-12-20(31)21(32)13-26(18,3)16(17)7-9-27(22,29)4/h11,14-16,18,20-24,31-33,35-36H,6-10,12-13H2,1-5H3. The molecule has 1 saturated heterocycles. The van der Waals surface area contributed by atoms with Crippen LogP contribution in [0, 0.1) is 40.4 Å². The van der Waals surface area contributed by atoms with Crippen molar-refractivity contribution in [3.63, 3.8) is 0 Å². The molecule has 0 aromatic rings. The Labute approximate surface area is 219 Å². The lowest BCUT2D eigenvalue weighted by Gasteiger charge is -2.60. The van der Waals surface area contributed by atoms with Crippen LogP contribution < -0.4 is 0 Å². The smallest absolute Gasteiger partial charge is 0.309 e. The van der Waals surface area contributed by atoms with Crippen molar-refractivity contribution in [2.75, 3.05) is 0 Å². The first-order valence-electron chi connectivity index (χ1n) is 14.1. The number of fused-ring (bicyclic) bond motifs is 5. The molecule has 37 heavy (non-hydrogen) atoms. The second-order valence-corrected chi connectivity index (χ2v) is 13.5. The Morgan fingerprint density at radius 3 is 2.46 bits per heavy atom. The minimum atomic E-state index is -1.63. The maximum Gasteiger partial charge on any atom is 0.309 e. The number of allylic oxidation sites excluding steroid dienone is 1. The molecule has 208 valence electrons. The van der Waals surface area contributed by atoms with E-state index >= 15 is 0 Å². The maximum atomic E-state index is 13.3. The summed E-state index contributed by atoms with van der Waals surface area (Å²) < 4.78 is 5.56. The number of hydrogen-bond donors (Lipinski definition) is 5. The molecule has 0 bridgehead atoms. The Morgan fingerprint density at radius 2 is 1.81 bits per heavy atom. The Bertz CT molecular complexity index is 1010. The van der Waals surface area contributed by atoms with E-state index in [2.05, 4.69) is 0 Å². The molecule has 8 heteroatoms. The fourth-order valence-electron chi connectivity index (χ4n) is 9.52. The summed E-state index contributed by atoms with van der Waals surface area (Å²) in [5, 5.41) is 56.5. The highest BCUT2D eigenvalue weighted by Gasteiger charge is 2.70. The molecule has 8 nitrogen and oxygen atoms in total. The molecule has 5 N–H and O–H groups in total. The average molecular weight is 521 g/mol. The third kappa shape index (κ3) is 3.51. The van der Waals surface area contributed by atoms with Crippen LogP contribution in [0.15, 0.2) is 11.6 Å². The Balaban J connectivity index is 1.48. The van der Waals surface area contributed by atoms with Crippen molar-refractivity contribution in [3.05, 3.63) is 11.6 Å². The van der Waals surface area contributed by atoms with Gasteiger partial charge >= 0.3 is 5.97 Å². The predicted molar refractivity (Wildman–Crippen MR) is 134 cm³/mol. The lowest BCUT2D eigenvalue weighted by atomic mass is 9.45. The number of carbonyl (C=O) groups excluding carboxylic acids is 2. The van der Waals surface area contributed by atoms with Gasteiger partial charge in [0.25, 0.3) is 0 Å². The second-order valence-electron chi connectivity index (χ2n) is 13.5. The number of carbonyl (C=O) groups is 2. The maximum absolute atomic E-state index is 13.3. The van der Waals surface area contributed by atoms with E-state index < -0.39 is 58.3 Å². The second kappa shape index (κ2) is 8.59. The molecule has 0 radical (unpaired) electrons. The molecular formula is C29H44O8. The number of esters is 1. The SMILES string of the molecule is CCC1C(C)C(=O)OC1C(O)C(C)(O)C1CCC2(O)C3=CC(=O)C4CC(O)C(O)CC4(C)C3CCC12C. The quantitative estimate of drug-likeness (QED) is 0.354. The van der Waals surface area contributed by atoms with Crippen LogP contribution in [-0.4, -0.2) is 72.9 Å². The van der Waals surface area contributed by atoms with Crippen molar-refractivity contribution in [1.82, 2.24) is 0 Å². The van der Waals surface area contributed by atoms with Gasteiger partial charge in [0.05, 0.1) is 29.3 Å². The van der Waals surface area contributed by atoms with E-state index in [1.54, 1.807) is 19.9 Å². The van der Waals surface area contributed by atoms with Crippen molar-refractivity contribution in [1.29, 1.82) is 0 Å². The minimum absolute atomic E-state index is 0.120. The van der Waals surface area contributed by atoms with Crippen LogP contribution in [0.2, 0.25) is 0 Å². The van der Waals surface area contributed by atoms with Crippen molar-refractivity contribution in [2.45, 2.75) is 115 Å². The normalized spacial score (nSPS) is 51.9. The van der Waals surface area contributed by atoms with Crippen molar-refractivity contribution >= 4 is 11.8 Å². The van der Waals surface area contributed by atoms with Gasteiger partial charge < -0.3 is 30.3 Å². The summed E-state index contributed by atoms with van der Waals surface area (Å²) in [5.41, 5.74) is -3.69. The van der Waals surface area contributed by atoms with Crippen molar-refractivity contribution < 1.29 is 39.9 Å². The van der Waals surface area contributed by atoms with Crippen molar-refractivity contribution in [3.8, 4) is 0 Å². The third-order valence-corrected chi connectivity index (χ3v) is 11.9. The third-order valence-electron chi connectivity index (χ3n) is 11.9. The monoisotopic (exact) mass is 520 g/mol. The molecule has 4 fully saturated rings. The Morgan fingerprint density at radius 1 is 1.14 bits per heavy atom. The van der Waals surface area contributed by atoms with E-state index in [4.69, 9.17) is 4.74 Å². The summed E-state index contributed by atoms with van der Waals surface area (Å²) in [7, 11) is 0. The minimum Gasteiger partial charge on any atom is -0.459 e. The van der Waals surface area contributed by atoms with Crippen LogP contribution in [0.4, 0.5) is 0 Å². The number of aliphatic hydroxyl groups excluding tert-OH is 3. The van der Waals surface area contributed by atoms with Crippen LogP contribution >= 0.6 is 0 Å². The molecule has 13 unspecified atom stereocenters. The largest absolute Gasteiger partial charge is 0.459 e. The van der Waals surface area contributed by atoms with Gasteiger partial charge in [-0.05, 0) is 80.8 Å². The van der Waals surface area contributed by atoms with Gasteiger partial charge in [-0.2, -0.15) is 0 Å². The first kappa shape index (κ1) is 27.3. The van der Waals surface area contributed by atoms with E-state index in [9.17, 15) is 35.1 Å². The molecule has 5 rings (SSSR count). The first-order chi connectivity index (χ1) is 17.1. The Hall–Kier alpha value is -1.32. The number of aliphatic hydroxyl groups is 5. The highest BCUT2D eigenvalue weighted by atomic mass is 16.6. The average Bonchev–Trinajstić information content (AvgIpc) is 3.28. The lowest BCUT2D eigenvalue weighted by molar-refractivity contribution is -0.196. The molecule has 0 amide bonds. The van der Waals surface area contributed by atoms with Gasteiger partial charge in [-0.15, -0.1) is 0 Å². The summed E-state index contributed by atoms with van der Waals surface area (Å²) in [6.07, 6.45) is 0.792. The zero-order chi connectivity index (χ0) is 27.3. The number of rotatable bonds is 4. The molecule has 13 atom stereocenters. The van der Waals surface area contributed by atoms with Gasteiger partial charge in [0.15, 0.2) is 5.78 Å². The van der Waals surface area contributed by atoms with Gasteiger partial charge in [-0.1, -0.05) is 27.7 Å². The van der Waals surface area contributed by atoms with Crippen LogP contribution in [0.1, 0.15) is 79.6 Å². The zero-order valence-electron chi connectivity index (χ0n) is 22.7. The van der Waals surface area contributed by atoms with Crippen LogP contribution in [0.3, 0.4) is 0 Å². The van der Waals surface area contributed by atoms with E-state index in [0.29, 0.717) is 44.1 Å². The van der Waals surface area contributed by atoms with E-state index in [1.165, 1.54) is 0 Å². The highest BCUT2D eigenvalue weighted by molar-refractivity contribution is 5.95. The predicted octanol–water partition coefficient (Wildman–Crippen LogP) is 1.89. The van der Waals surface area contributed by atoms with E-state index in [-0.39, 0.29) is 35.9 Å². The Kier molecular flexibility index (Phi) is 6.33. The van der Waals surface area contributed by atoms with Gasteiger partial charge in [-0.25, -0.2) is 0 Å². The lowest BCUT2D eigenvalue weighted by Crippen LogP contribution is -2.63.